The third-order valence-electron chi connectivity index (χ3n) is 3.33. The molecule has 0 aliphatic rings. The minimum absolute atomic E-state index is 0.0927. The zero-order valence-electron chi connectivity index (χ0n) is 12.3. The van der Waals surface area contributed by atoms with E-state index in [0.29, 0.717) is 23.5 Å². The van der Waals surface area contributed by atoms with Gasteiger partial charge in [-0.3, -0.25) is 0 Å². The molecule has 0 aliphatic carbocycles. The number of phenols is 1. The summed E-state index contributed by atoms with van der Waals surface area (Å²) in [4.78, 5) is 11.7. The second-order valence-corrected chi connectivity index (χ2v) is 4.81. The number of rotatable bonds is 4. The van der Waals surface area contributed by atoms with Gasteiger partial charge in [0.25, 0.3) is 0 Å². The van der Waals surface area contributed by atoms with Crippen LogP contribution in [0, 0.1) is 13.8 Å². The number of methoxy groups -OCH3 is 1. The summed E-state index contributed by atoms with van der Waals surface area (Å²) in [5, 5.41) is 10.2. The average molecular weight is 286 g/mol. The first-order valence-electron chi connectivity index (χ1n) is 6.62. The van der Waals surface area contributed by atoms with E-state index in [-0.39, 0.29) is 11.3 Å². The van der Waals surface area contributed by atoms with Gasteiger partial charge < -0.3 is 14.6 Å². The predicted molar refractivity (Wildman–Crippen MR) is 79.7 cm³/mol. The summed E-state index contributed by atoms with van der Waals surface area (Å²) in [6.07, 6.45) is 0. The number of phenolic OH excluding ortho intramolecular Hbond substituents is 1. The van der Waals surface area contributed by atoms with Crippen molar-refractivity contribution >= 4 is 5.97 Å². The first kappa shape index (κ1) is 14.9. The van der Waals surface area contributed by atoms with Gasteiger partial charge in [-0.25, -0.2) is 4.79 Å². The van der Waals surface area contributed by atoms with E-state index in [4.69, 9.17) is 4.74 Å². The quantitative estimate of drug-likeness (QED) is 0.875. The van der Waals surface area contributed by atoms with Gasteiger partial charge >= 0.3 is 5.97 Å². The summed E-state index contributed by atoms with van der Waals surface area (Å²) in [6, 6.07) is 11.5. The van der Waals surface area contributed by atoms with Crippen molar-refractivity contribution in [2.75, 3.05) is 7.11 Å². The molecule has 0 saturated heterocycles. The maximum absolute atomic E-state index is 11.7. The Morgan fingerprint density at radius 3 is 2.48 bits per heavy atom. The van der Waals surface area contributed by atoms with Gasteiger partial charge in [-0.1, -0.05) is 30.3 Å². The van der Waals surface area contributed by atoms with Crippen molar-refractivity contribution in [1.29, 1.82) is 0 Å². The third kappa shape index (κ3) is 3.16. The van der Waals surface area contributed by atoms with Gasteiger partial charge in [-0.2, -0.15) is 0 Å². The highest BCUT2D eigenvalue weighted by Crippen LogP contribution is 2.34. The number of ether oxygens (including phenoxy) is 2. The minimum atomic E-state index is -0.553. The Morgan fingerprint density at radius 1 is 1.19 bits per heavy atom. The Kier molecular flexibility index (Phi) is 4.48. The Balaban J connectivity index is 2.28. The van der Waals surface area contributed by atoms with Gasteiger partial charge in [-0.15, -0.1) is 0 Å². The van der Waals surface area contributed by atoms with Crippen LogP contribution in [0.15, 0.2) is 36.4 Å². The van der Waals surface area contributed by atoms with Gasteiger partial charge in [0.15, 0.2) is 0 Å². The highest BCUT2D eigenvalue weighted by molar-refractivity contribution is 5.95. The van der Waals surface area contributed by atoms with Gasteiger partial charge in [0.05, 0.1) is 7.11 Å². The zero-order valence-corrected chi connectivity index (χ0v) is 12.3. The molecule has 0 amide bonds. The Hall–Kier alpha value is -2.49. The van der Waals surface area contributed by atoms with Crippen LogP contribution in [0.1, 0.15) is 27.0 Å². The monoisotopic (exact) mass is 286 g/mol. The number of hydrogen-bond donors (Lipinski definition) is 1. The lowest BCUT2D eigenvalue weighted by atomic mass is 10.0. The lowest BCUT2D eigenvalue weighted by molar-refractivity contribution is 0.0596. The van der Waals surface area contributed by atoms with Crippen LogP contribution in [0.5, 0.6) is 11.5 Å². The number of benzene rings is 2. The largest absolute Gasteiger partial charge is 0.507 e. The molecule has 4 heteroatoms. The summed E-state index contributed by atoms with van der Waals surface area (Å²) < 4.78 is 10.4. The molecule has 0 spiro atoms. The van der Waals surface area contributed by atoms with Crippen LogP contribution in [0.2, 0.25) is 0 Å². The SMILES string of the molecule is COC(=O)c1c(C)cc(OCc2ccccc2)c(C)c1O. The Labute approximate surface area is 123 Å². The molecule has 0 bridgehead atoms. The first-order valence-corrected chi connectivity index (χ1v) is 6.62. The number of esters is 1. The fourth-order valence-corrected chi connectivity index (χ4v) is 2.11. The van der Waals surface area contributed by atoms with Crippen molar-refractivity contribution in [3.63, 3.8) is 0 Å². The molecule has 2 aromatic rings. The number of hydrogen-bond acceptors (Lipinski definition) is 4. The van der Waals surface area contributed by atoms with Gasteiger partial charge in [0, 0.05) is 5.56 Å². The predicted octanol–water partition coefficient (Wildman–Crippen LogP) is 3.37. The third-order valence-corrected chi connectivity index (χ3v) is 3.33. The van der Waals surface area contributed by atoms with Crippen molar-refractivity contribution in [1.82, 2.24) is 0 Å². The van der Waals surface area contributed by atoms with Crippen molar-refractivity contribution in [3.8, 4) is 11.5 Å². The molecule has 0 unspecified atom stereocenters. The van der Waals surface area contributed by atoms with Crippen LogP contribution < -0.4 is 4.74 Å². The van der Waals surface area contributed by atoms with E-state index in [9.17, 15) is 9.90 Å². The minimum Gasteiger partial charge on any atom is -0.507 e. The number of carbonyl (C=O) groups is 1. The zero-order chi connectivity index (χ0) is 15.4. The second-order valence-electron chi connectivity index (χ2n) is 4.81. The number of aromatic hydroxyl groups is 1. The molecule has 2 aromatic carbocycles. The standard InChI is InChI=1S/C17H18O4/c1-11-9-14(21-10-13-7-5-4-6-8-13)12(2)16(18)15(11)17(19)20-3/h4-9,18H,10H2,1-3H3. The lowest BCUT2D eigenvalue weighted by Crippen LogP contribution is -2.07. The normalized spacial score (nSPS) is 10.2. The van der Waals surface area contributed by atoms with Gasteiger partial charge in [0.2, 0.25) is 0 Å². The molecule has 0 aliphatic heterocycles. The van der Waals surface area contributed by atoms with Crippen molar-refractivity contribution in [2.45, 2.75) is 20.5 Å². The van der Waals surface area contributed by atoms with Crippen LogP contribution in [0.25, 0.3) is 0 Å². The second kappa shape index (κ2) is 6.31. The summed E-state index contributed by atoms with van der Waals surface area (Å²) in [5.74, 6) is -0.0888. The summed E-state index contributed by atoms with van der Waals surface area (Å²) in [7, 11) is 1.29. The fourth-order valence-electron chi connectivity index (χ4n) is 2.11. The van der Waals surface area contributed by atoms with E-state index in [1.807, 2.05) is 30.3 Å². The highest BCUT2D eigenvalue weighted by Gasteiger charge is 2.20. The Morgan fingerprint density at radius 2 is 1.86 bits per heavy atom. The molecule has 1 N–H and O–H groups in total. The topological polar surface area (TPSA) is 55.8 Å². The average Bonchev–Trinajstić information content (AvgIpc) is 2.50. The van der Waals surface area contributed by atoms with Crippen molar-refractivity contribution in [3.05, 3.63) is 58.7 Å². The van der Waals surface area contributed by atoms with Gasteiger partial charge in [-0.05, 0) is 31.0 Å². The fraction of sp³-hybridized carbons (Fsp3) is 0.235. The van der Waals surface area contributed by atoms with Crippen LogP contribution >= 0.6 is 0 Å². The van der Waals surface area contributed by atoms with E-state index in [0.717, 1.165) is 5.56 Å². The summed E-state index contributed by atoms with van der Waals surface area (Å²) >= 11 is 0. The number of aryl methyl sites for hydroxylation is 1. The van der Waals surface area contributed by atoms with E-state index >= 15 is 0 Å². The van der Waals surface area contributed by atoms with E-state index in [1.54, 1.807) is 19.9 Å². The van der Waals surface area contributed by atoms with Crippen LogP contribution in [-0.4, -0.2) is 18.2 Å². The molecule has 110 valence electrons. The van der Waals surface area contributed by atoms with Crippen LogP contribution in [-0.2, 0) is 11.3 Å². The molecule has 0 heterocycles. The van der Waals surface area contributed by atoms with Crippen LogP contribution in [0.3, 0.4) is 0 Å². The summed E-state index contributed by atoms with van der Waals surface area (Å²) in [5.41, 5.74) is 2.36. The smallest absolute Gasteiger partial charge is 0.341 e. The van der Waals surface area contributed by atoms with E-state index < -0.39 is 5.97 Å². The molecular weight excluding hydrogens is 268 g/mol. The van der Waals surface area contributed by atoms with Crippen LogP contribution in [0.4, 0.5) is 0 Å². The molecule has 0 saturated carbocycles. The molecule has 0 aromatic heterocycles. The molecule has 4 nitrogen and oxygen atoms in total. The Bertz CT molecular complexity index is 648. The van der Waals surface area contributed by atoms with Crippen molar-refractivity contribution < 1.29 is 19.4 Å². The molecule has 2 rings (SSSR count). The van der Waals surface area contributed by atoms with Gasteiger partial charge in [0.1, 0.15) is 23.7 Å². The van der Waals surface area contributed by atoms with E-state index in [2.05, 4.69) is 4.74 Å². The maximum Gasteiger partial charge on any atom is 0.341 e. The van der Waals surface area contributed by atoms with E-state index in [1.165, 1.54) is 7.11 Å². The molecular formula is C17H18O4. The number of carbonyl (C=O) groups excluding carboxylic acids is 1. The highest BCUT2D eigenvalue weighted by atomic mass is 16.5. The first-order chi connectivity index (χ1) is 10.0. The lowest BCUT2D eigenvalue weighted by Gasteiger charge is -2.15. The van der Waals surface area contributed by atoms with Crippen molar-refractivity contribution in [2.24, 2.45) is 0 Å². The molecule has 0 radical (unpaired) electrons. The maximum atomic E-state index is 11.7. The summed E-state index contributed by atoms with van der Waals surface area (Å²) in [6.45, 7) is 3.85. The molecule has 0 atom stereocenters. The molecule has 21 heavy (non-hydrogen) atoms. The molecule has 0 fully saturated rings.